The van der Waals surface area contributed by atoms with E-state index < -0.39 is 11.9 Å². The van der Waals surface area contributed by atoms with Crippen molar-refractivity contribution in [1.29, 1.82) is 0 Å². The highest BCUT2D eigenvalue weighted by Gasteiger charge is 2.08. The number of rotatable bonds is 14. The molecule has 0 heterocycles. The molecule has 0 aliphatic carbocycles. The number of amides is 2. The van der Waals surface area contributed by atoms with Gasteiger partial charge in [0.05, 0.1) is 18.3 Å². The first kappa shape index (κ1) is 27.2. The van der Waals surface area contributed by atoms with Crippen LogP contribution in [0.5, 0.6) is 5.75 Å². The van der Waals surface area contributed by atoms with Gasteiger partial charge in [-0.1, -0.05) is 61.4 Å². The largest absolute Gasteiger partial charge is 0.423 e. The lowest BCUT2D eigenvalue weighted by Crippen LogP contribution is -2.34. The normalized spacial score (nSPS) is 10.8. The summed E-state index contributed by atoms with van der Waals surface area (Å²) < 4.78 is 6.22. The number of hydrogen-bond donors (Lipinski definition) is 2. The average Bonchev–Trinajstić information content (AvgIpc) is 2.83. The van der Waals surface area contributed by atoms with E-state index in [0.717, 1.165) is 23.7 Å². The SMILES string of the molecule is CCCCCCCCCC(=O)NCC(=O)NN=Cc1ccc(OC(=O)c2ccc(Br)cc2)cc1. The van der Waals surface area contributed by atoms with Gasteiger partial charge in [0.15, 0.2) is 0 Å². The van der Waals surface area contributed by atoms with Gasteiger partial charge in [-0.25, -0.2) is 10.2 Å². The van der Waals surface area contributed by atoms with Crippen molar-refractivity contribution < 1.29 is 19.1 Å². The monoisotopic (exact) mass is 529 g/mol. The van der Waals surface area contributed by atoms with E-state index in [0.29, 0.717) is 23.3 Å². The number of benzene rings is 2. The highest BCUT2D eigenvalue weighted by molar-refractivity contribution is 9.10. The van der Waals surface area contributed by atoms with Crippen LogP contribution in [0.15, 0.2) is 58.1 Å². The molecule has 0 saturated carbocycles. The number of nitrogens with zero attached hydrogens (tertiary/aromatic N) is 1. The minimum atomic E-state index is -0.449. The van der Waals surface area contributed by atoms with Gasteiger partial charge in [0.1, 0.15) is 5.75 Å². The summed E-state index contributed by atoms with van der Waals surface area (Å²) in [5, 5.41) is 6.50. The number of nitrogens with one attached hydrogen (secondary N) is 2. The summed E-state index contributed by atoms with van der Waals surface area (Å²) >= 11 is 3.32. The number of halogens is 1. The first-order chi connectivity index (χ1) is 16.5. The Bertz CT molecular complexity index is 944. The van der Waals surface area contributed by atoms with Gasteiger partial charge in [-0.3, -0.25) is 9.59 Å². The Kier molecular flexibility index (Phi) is 12.6. The van der Waals surface area contributed by atoms with Gasteiger partial charge in [0.2, 0.25) is 5.91 Å². The molecule has 2 amide bonds. The van der Waals surface area contributed by atoms with Crippen molar-refractivity contribution in [3.05, 3.63) is 64.1 Å². The van der Waals surface area contributed by atoms with Crippen molar-refractivity contribution in [3.8, 4) is 5.75 Å². The molecule has 34 heavy (non-hydrogen) atoms. The molecule has 0 atom stereocenters. The van der Waals surface area contributed by atoms with Crippen molar-refractivity contribution in [2.75, 3.05) is 6.54 Å². The van der Waals surface area contributed by atoms with Crippen molar-refractivity contribution >= 4 is 39.9 Å². The van der Waals surface area contributed by atoms with Gasteiger partial charge in [-0.05, 0) is 60.5 Å². The Morgan fingerprint density at radius 3 is 2.21 bits per heavy atom. The Morgan fingerprint density at radius 2 is 1.53 bits per heavy atom. The van der Waals surface area contributed by atoms with E-state index in [4.69, 9.17) is 4.74 Å². The first-order valence-corrected chi connectivity index (χ1v) is 12.4. The van der Waals surface area contributed by atoms with Crippen molar-refractivity contribution in [2.24, 2.45) is 5.10 Å². The average molecular weight is 530 g/mol. The summed E-state index contributed by atoms with van der Waals surface area (Å²) in [4.78, 5) is 35.8. The number of hydrogen-bond acceptors (Lipinski definition) is 5. The van der Waals surface area contributed by atoms with Crippen LogP contribution in [0.1, 0.15) is 74.2 Å². The number of esters is 1. The molecule has 0 aliphatic rings. The van der Waals surface area contributed by atoms with Gasteiger partial charge in [-0.15, -0.1) is 0 Å². The number of unbranched alkanes of at least 4 members (excludes halogenated alkanes) is 6. The molecule has 0 saturated heterocycles. The van der Waals surface area contributed by atoms with Crippen LogP contribution >= 0.6 is 15.9 Å². The van der Waals surface area contributed by atoms with Crippen LogP contribution in [-0.4, -0.2) is 30.5 Å². The van der Waals surface area contributed by atoms with E-state index in [1.165, 1.54) is 31.9 Å². The maximum atomic E-state index is 12.1. The molecule has 0 spiro atoms. The fraction of sp³-hybridized carbons (Fsp3) is 0.385. The summed E-state index contributed by atoms with van der Waals surface area (Å²) in [6.45, 7) is 2.08. The molecule has 2 aromatic rings. The standard InChI is InChI=1S/C26H32BrN3O4/c1-2-3-4-5-6-7-8-9-24(31)28-19-25(32)30-29-18-20-10-16-23(17-11-20)34-26(33)21-12-14-22(27)15-13-21/h10-18H,2-9,19H2,1H3,(H,28,31)(H,30,32). The van der Waals surface area contributed by atoms with E-state index in [2.05, 4.69) is 38.7 Å². The van der Waals surface area contributed by atoms with Crippen LogP contribution in [-0.2, 0) is 9.59 Å². The quantitative estimate of drug-likeness (QED) is 0.113. The highest BCUT2D eigenvalue weighted by atomic mass is 79.9. The Labute approximate surface area is 209 Å². The summed E-state index contributed by atoms with van der Waals surface area (Å²) in [7, 11) is 0. The van der Waals surface area contributed by atoms with Crippen LogP contribution in [0, 0.1) is 0 Å². The Balaban J connectivity index is 1.63. The number of carbonyl (C=O) groups is 3. The fourth-order valence-corrected chi connectivity index (χ4v) is 3.37. The zero-order valence-electron chi connectivity index (χ0n) is 19.5. The minimum absolute atomic E-state index is 0.113. The second-order valence-corrected chi connectivity index (χ2v) is 8.82. The smallest absolute Gasteiger partial charge is 0.343 e. The molecule has 0 aromatic heterocycles. The third kappa shape index (κ3) is 11.2. The molecule has 2 aromatic carbocycles. The van der Waals surface area contributed by atoms with Crippen molar-refractivity contribution in [2.45, 2.75) is 58.3 Å². The maximum absolute atomic E-state index is 12.1. The molecule has 0 bridgehead atoms. The van der Waals surface area contributed by atoms with Gasteiger partial charge in [0, 0.05) is 10.9 Å². The van der Waals surface area contributed by atoms with E-state index in [-0.39, 0.29) is 12.5 Å². The van der Waals surface area contributed by atoms with Gasteiger partial charge in [-0.2, -0.15) is 5.10 Å². The van der Waals surface area contributed by atoms with Crippen LogP contribution in [0.25, 0.3) is 0 Å². The van der Waals surface area contributed by atoms with E-state index in [9.17, 15) is 14.4 Å². The summed E-state index contributed by atoms with van der Waals surface area (Å²) in [5.41, 5.74) is 3.55. The molecule has 8 heteroatoms. The predicted octanol–water partition coefficient (Wildman–Crippen LogP) is 5.38. The minimum Gasteiger partial charge on any atom is -0.423 e. The molecule has 2 rings (SSSR count). The summed E-state index contributed by atoms with van der Waals surface area (Å²) in [6, 6.07) is 13.6. The van der Waals surface area contributed by atoms with Crippen LogP contribution in [0.2, 0.25) is 0 Å². The molecule has 0 radical (unpaired) electrons. The van der Waals surface area contributed by atoms with Gasteiger partial charge in [0.25, 0.3) is 5.91 Å². The zero-order valence-corrected chi connectivity index (χ0v) is 21.1. The van der Waals surface area contributed by atoms with Gasteiger partial charge < -0.3 is 10.1 Å². The number of carbonyl (C=O) groups excluding carboxylic acids is 3. The van der Waals surface area contributed by atoms with Gasteiger partial charge >= 0.3 is 5.97 Å². The van der Waals surface area contributed by atoms with E-state index in [1.54, 1.807) is 48.5 Å². The lowest BCUT2D eigenvalue weighted by Gasteiger charge is -2.05. The fourth-order valence-electron chi connectivity index (χ4n) is 3.10. The number of ether oxygens (including phenoxy) is 1. The molecule has 0 aliphatic heterocycles. The predicted molar refractivity (Wildman–Crippen MR) is 137 cm³/mol. The molecule has 182 valence electrons. The second kappa shape index (κ2) is 15.8. The lowest BCUT2D eigenvalue weighted by atomic mass is 10.1. The van der Waals surface area contributed by atoms with Crippen LogP contribution in [0.4, 0.5) is 0 Å². The van der Waals surface area contributed by atoms with Crippen LogP contribution < -0.4 is 15.5 Å². The zero-order chi connectivity index (χ0) is 24.6. The second-order valence-electron chi connectivity index (χ2n) is 7.91. The molecular formula is C26H32BrN3O4. The van der Waals surface area contributed by atoms with Crippen molar-refractivity contribution in [3.63, 3.8) is 0 Å². The third-order valence-electron chi connectivity index (χ3n) is 5.03. The molecule has 0 unspecified atom stereocenters. The lowest BCUT2D eigenvalue weighted by molar-refractivity contribution is -0.126. The summed E-state index contributed by atoms with van der Waals surface area (Å²) in [5.74, 6) is -0.571. The van der Waals surface area contributed by atoms with Crippen LogP contribution in [0.3, 0.4) is 0 Å². The molecular weight excluding hydrogens is 498 g/mol. The van der Waals surface area contributed by atoms with E-state index in [1.807, 2.05) is 0 Å². The van der Waals surface area contributed by atoms with E-state index >= 15 is 0 Å². The Hall–Kier alpha value is -3.00. The number of hydrazone groups is 1. The van der Waals surface area contributed by atoms with Crippen molar-refractivity contribution in [1.82, 2.24) is 10.7 Å². The maximum Gasteiger partial charge on any atom is 0.343 e. The molecule has 2 N–H and O–H groups in total. The Morgan fingerprint density at radius 1 is 0.882 bits per heavy atom. The summed E-state index contributed by atoms with van der Waals surface area (Å²) in [6.07, 6.45) is 9.90. The highest BCUT2D eigenvalue weighted by Crippen LogP contribution is 2.15. The molecule has 7 nitrogen and oxygen atoms in total. The first-order valence-electron chi connectivity index (χ1n) is 11.6. The topological polar surface area (TPSA) is 96.9 Å². The molecule has 0 fully saturated rings. The third-order valence-corrected chi connectivity index (χ3v) is 5.56.